The maximum Gasteiger partial charge on any atom is 0.270 e. The first-order chi connectivity index (χ1) is 22.0. The standard InChI is InChI=1S/C39H50F2N2O2S/c1-5-30-15-16-32(24-34(30)42-4)35(44)22-29-13-11-28(12-14-29)21-26-7-6-8-27(10-9-26)23-36(45)37-25(2)43-38(46-37)31-17-19-33(20-18-31)39(3,40)41/h15-20,24,26-29,42H,5-14,21-23H2,1-4H3. The van der Waals surface area contributed by atoms with E-state index in [0.29, 0.717) is 34.6 Å². The Labute approximate surface area is 277 Å². The molecule has 2 aliphatic carbocycles. The van der Waals surface area contributed by atoms with E-state index >= 15 is 0 Å². The Hall–Kier alpha value is -2.93. The molecular formula is C39H50F2N2O2S. The highest BCUT2D eigenvalue weighted by molar-refractivity contribution is 7.17. The number of aromatic nitrogens is 1. The van der Waals surface area contributed by atoms with Crippen LogP contribution in [0.2, 0.25) is 0 Å². The lowest BCUT2D eigenvalue weighted by atomic mass is 9.75. The van der Waals surface area contributed by atoms with E-state index in [0.717, 1.165) is 73.4 Å². The average molecular weight is 649 g/mol. The number of anilines is 1. The van der Waals surface area contributed by atoms with Gasteiger partial charge >= 0.3 is 0 Å². The van der Waals surface area contributed by atoms with Gasteiger partial charge in [0.2, 0.25) is 0 Å². The number of carbonyl (C=O) groups is 2. The van der Waals surface area contributed by atoms with Gasteiger partial charge in [-0.1, -0.05) is 81.8 Å². The Bertz CT molecular complexity index is 1480. The number of carbonyl (C=O) groups excluding carboxylic acids is 2. The van der Waals surface area contributed by atoms with Crippen LogP contribution in [0.25, 0.3) is 10.6 Å². The second-order valence-corrected chi connectivity index (χ2v) is 15.0. The maximum atomic E-state index is 13.6. The minimum absolute atomic E-state index is 0.0237. The van der Waals surface area contributed by atoms with Crippen molar-refractivity contribution in [3.8, 4) is 10.6 Å². The van der Waals surface area contributed by atoms with E-state index in [2.05, 4.69) is 23.3 Å². The van der Waals surface area contributed by atoms with E-state index in [1.165, 1.54) is 67.6 Å². The molecule has 0 bridgehead atoms. The second kappa shape index (κ2) is 15.3. The van der Waals surface area contributed by atoms with E-state index in [1.54, 1.807) is 12.1 Å². The molecule has 0 saturated heterocycles. The normalized spacial score (nSPS) is 22.3. The van der Waals surface area contributed by atoms with Crippen molar-refractivity contribution in [2.24, 2.45) is 23.7 Å². The highest BCUT2D eigenvalue weighted by Gasteiger charge is 2.29. The number of hydrogen-bond acceptors (Lipinski definition) is 5. The summed E-state index contributed by atoms with van der Waals surface area (Å²) in [5.74, 6) is -0.0530. The van der Waals surface area contributed by atoms with Gasteiger partial charge in [0.05, 0.1) is 10.6 Å². The summed E-state index contributed by atoms with van der Waals surface area (Å²) < 4.78 is 27.2. The van der Waals surface area contributed by atoms with Crippen LogP contribution in [-0.4, -0.2) is 23.6 Å². The zero-order chi connectivity index (χ0) is 32.8. The van der Waals surface area contributed by atoms with Crippen LogP contribution < -0.4 is 5.32 Å². The fraction of sp³-hybridized carbons (Fsp3) is 0.564. The molecule has 3 aromatic rings. The van der Waals surface area contributed by atoms with Gasteiger partial charge in [0.15, 0.2) is 11.6 Å². The van der Waals surface area contributed by atoms with Gasteiger partial charge in [0.25, 0.3) is 5.92 Å². The number of aryl methyl sites for hydroxylation is 2. The molecule has 5 rings (SSSR count). The maximum absolute atomic E-state index is 13.6. The van der Waals surface area contributed by atoms with Crippen molar-refractivity contribution in [1.29, 1.82) is 0 Å². The van der Waals surface area contributed by atoms with E-state index in [9.17, 15) is 18.4 Å². The molecule has 248 valence electrons. The minimum atomic E-state index is -2.88. The molecule has 1 aromatic heterocycles. The number of hydrogen-bond donors (Lipinski definition) is 1. The summed E-state index contributed by atoms with van der Waals surface area (Å²) in [5, 5.41) is 3.95. The number of benzene rings is 2. The fourth-order valence-electron chi connectivity index (χ4n) is 7.75. The van der Waals surface area contributed by atoms with Crippen molar-refractivity contribution in [1.82, 2.24) is 4.98 Å². The number of ketones is 2. The molecule has 2 unspecified atom stereocenters. The van der Waals surface area contributed by atoms with Crippen LogP contribution >= 0.6 is 11.3 Å². The van der Waals surface area contributed by atoms with Crippen molar-refractivity contribution < 1.29 is 18.4 Å². The molecule has 1 N–H and O–H groups in total. The van der Waals surface area contributed by atoms with Crippen LogP contribution in [0.5, 0.6) is 0 Å². The smallest absolute Gasteiger partial charge is 0.270 e. The predicted octanol–water partition coefficient (Wildman–Crippen LogP) is 11.1. The number of halogens is 2. The molecule has 7 heteroatoms. The second-order valence-electron chi connectivity index (χ2n) is 14.0. The molecule has 1 heterocycles. The van der Waals surface area contributed by atoms with E-state index < -0.39 is 5.92 Å². The molecule has 2 saturated carbocycles. The summed E-state index contributed by atoms with van der Waals surface area (Å²) in [6.45, 7) is 4.90. The first kappa shape index (κ1) is 34.4. The molecule has 46 heavy (non-hydrogen) atoms. The van der Waals surface area contributed by atoms with E-state index in [4.69, 9.17) is 0 Å². The van der Waals surface area contributed by atoms with Gasteiger partial charge < -0.3 is 5.32 Å². The van der Waals surface area contributed by atoms with Gasteiger partial charge in [-0.3, -0.25) is 9.59 Å². The third kappa shape index (κ3) is 8.70. The molecule has 0 amide bonds. The van der Waals surface area contributed by atoms with Crippen LogP contribution in [0.15, 0.2) is 42.5 Å². The van der Waals surface area contributed by atoms with Crippen molar-refractivity contribution in [2.45, 2.75) is 110 Å². The minimum Gasteiger partial charge on any atom is -0.388 e. The molecule has 4 nitrogen and oxygen atoms in total. The molecule has 0 radical (unpaired) electrons. The Balaban J connectivity index is 1.06. The van der Waals surface area contributed by atoms with Gasteiger partial charge in [0.1, 0.15) is 5.01 Å². The largest absolute Gasteiger partial charge is 0.388 e. The topological polar surface area (TPSA) is 59.1 Å². The molecule has 2 aromatic carbocycles. The number of Topliss-reactive ketones (excluding diaryl/α,β-unsaturated/α-hetero) is 2. The average Bonchev–Trinajstić information content (AvgIpc) is 3.31. The lowest BCUT2D eigenvalue weighted by molar-refractivity contribution is 0.0175. The lowest BCUT2D eigenvalue weighted by Gasteiger charge is -2.30. The first-order valence-corrected chi connectivity index (χ1v) is 18.2. The molecule has 2 fully saturated rings. The Morgan fingerprint density at radius 2 is 1.46 bits per heavy atom. The molecule has 2 aliphatic rings. The highest BCUT2D eigenvalue weighted by Crippen LogP contribution is 2.40. The van der Waals surface area contributed by atoms with Crippen LogP contribution in [0.1, 0.15) is 128 Å². The van der Waals surface area contributed by atoms with Gasteiger partial charge in [-0.15, -0.1) is 11.3 Å². The zero-order valence-corrected chi connectivity index (χ0v) is 28.8. The summed E-state index contributed by atoms with van der Waals surface area (Å²) in [6.07, 6.45) is 14.0. The highest BCUT2D eigenvalue weighted by atomic mass is 32.1. The van der Waals surface area contributed by atoms with Crippen molar-refractivity contribution in [3.05, 3.63) is 69.7 Å². The summed E-state index contributed by atoms with van der Waals surface area (Å²) in [4.78, 5) is 31.8. The Kier molecular flexibility index (Phi) is 11.5. The van der Waals surface area contributed by atoms with Crippen LogP contribution in [0.4, 0.5) is 14.5 Å². The fourth-order valence-corrected chi connectivity index (χ4v) is 8.77. The number of thiazole rings is 1. The monoisotopic (exact) mass is 648 g/mol. The molecule has 0 aliphatic heterocycles. The molecule has 0 spiro atoms. The number of rotatable bonds is 12. The summed E-state index contributed by atoms with van der Waals surface area (Å²) in [6, 6.07) is 12.3. The SMILES string of the molecule is CCc1ccc(C(=O)CC2CCC(CC3CCCC(CC(=O)c4sc(-c5ccc(C(C)(F)F)cc5)nc4C)CC3)CC2)cc1NC. The van der Waals surface area contributed by atoms with Crippen LogP contribution in [-0.2, 0) is 12.3 Å². The van der Waals surface area contributed by atoms with Crippen molar-refractivity contribution in [2.75, 3.05) is 12.4 Å². The number of nitrogens with one attached hydrogen (secondary N) is 1. The van der Waals surface area contributed by atoms with Crippen LogP contribution in [0.3, 0.4) is 0 Å². The third-order valence-electron chi connectivity index (χ3n) is 10.6. The van der Waals surface area contributed by atoms with Gasteiger partial charge in [-0.2, -0.15) is 0 Å². The summed E-state index contributed by atoms with van der Waals surface area (Å²) >= 11 is 1.38. The number of alkyl halides is 2. The predicted molar refractivity (Wildman–Crippen MR) is 185 cm³/mol. The van der Waals surface area contributed by atoms with Crippen molar-refractivity contribution >= 4 is 28.6 Å². The van der Waals surface area contributed by atoms with Crippen molar-refractivity contribution in [3.63, 3.8) is 0 Å². The first-order valence-electron chi connectivity index (χ1n) is 17.4. The quantitative estimate of drug-likeness (QED) is 0.157. The Morgan fingerprint density at radius 1 is 0.870 bits per heavy atom. The lowest BCUT2D eigenvalue weighted by Crippen LogP contribution is -2.19. The van der Waals surface area contributed by atoms with Gasteiger partial charge in [-0.25, -0.2) is 13.8 Å². The van der Waals surface area contributed by atoms with E-state index in [-0.39, 0.29) is 17.1 Å². The summed E-state index contributed by atoms with van der Waals surface area (Å²) in [7, 11) is 1.92. The molecule has 2 atom stereocenters. The van der Waals surface area contributed by atoms with Gasteiger partial charge in [0, 0.05) is 49.2 Å². The number of nitrogens with zero attached hydrogens (tertiary/aromatic N) is 1. The van der Waals surface area contributed by atoms with Crippen LogP contribution in [0, 0.1) is 30.6 Å². The molecular weight excluding hydrogens is 599 g/mol. The van der Waals surface area contributed by atoms with Gasteiger partial charge in [-0.05, 0) is 74.3 Å². The Morgan fingerprint density at radius 3 is 2.09 bits per heavy atom. The van der Waals surface area contributed by atoms with E-state index in [1.807, 2.05) is 26.1 Å². The summed E-state index contributed by atoms with van der Waals surface area (Å²) in [5.41, 5.74) is 4.61. The third-order valence-corrected chi connectivity index (χ3v) is 11.8. The zero-order valence-electron chi connectivity index (χ0n) is 28.0.